The highest BCUT2D eigenvalue weighted by Gasteiger charge is 2.38. The quantitative estimate of drug-likeness (QED) is 0.429. The van der Waals surface area contributed by atoms with E-state index in [1.54, 1.807) is 0 Å². The fourth-order valence-electron chi connectivity index (χ4n) is 2.49. The van der Waals surface area contributed by atoms with Crippen molar-refractivity contribution in [1.29, 1.82) is 0 Å². The van der Waals surface area contributed by atoms with Gasteiger partial charge in [0.05, 0.1) is 17.7 Å². The molecule has 0 saturated heterocycles. The Bertz CT molecular complexity index is 951. The summed E-state index contributed by atoms with van der Waals surface area (Å²) < 4.78 is 71.7. The molecule has 1 aliphatic carbocycles. The number of halogens is 6. The lowest BCUT2D eigenvalue weighted by atomic mass is 10.3. The predicted octanol–water partition coefficient (Wildman–Crippen LogP) is 2.94. The summed E-state index contributed by atoms with van der Waals surface area (Å²) in [6.07, 6.45) is -6.10. The van der Waals surface area contributed by atoms with Crippen LogP contribution in [0.2, 0.25) is 0 Å². The molecule has 2 aromatic rings. The van der Waals surface area contributed by atoms with Gasteiger partial charge < -0.3 is 14.7 Å². The van der Waals surface area contributed by atoms with Gasteiger partial charge in [-0.3, -0.25) is 4.79 Å². The molecular weight excluding hydrogens is 430 g/mol. The zero-order valence-corrected chi connectivity index (χ0v) is 15.5. The van der Waals surface area contributed by atoms with Gasteiger partial charge in [-0.1, -0.05) is 11.8 Å². The van der Waals surface area contributed by atoms with E-state index in [2.05, 4.69) is 15.0 Å². The lowest BCUT2D eigenvalue weighted by molar-refractivity contribution is -0.192. The highest BCUT2D eigenvalue weighted by atomic mass is 32.2. The van der Waals surface area contributed by atoms with Crippen LogP contribution in [-0.4, -0.2) is 36.8 Å². The number of aromatic nitrogens is 4. The molecule has 0 saturated carbocycles. The average molecular weight is 444 g/mol. The number of carboxylic acids is 1. The number of fused-ring (bicyclic) bond motifs is 1. The maximum absolute atomic E-state index is 12.9. The van der Waals surface area contributed by atoms with Crippen LogP contribution in [0, 0.1) is 0 Å². The van der Waals surface area contributed by atoms with Crippen LogP contribution in [0.1, 0.15) is 29.1 Å². The number of nitrogens with zero attached hydrogens (tertiary/aromatic N) is 3. The minimum atomic E-state index is -5.08. The third kappa shape index (κ3) is 5.74. The first kappa shape index (κ1) is 22.8. The van der Waals surface area contributed by atoms with Crippen molar-refractivity contribution in [2.24, 2.45) is 7.05 Å². The Morgan fingerprint density at radius 1 is 1.28 bits per heavy atom. The summed E-state index contributed by atoms with van der Waals surface area (Å²) in [7, 11) is 1.51. The molecule has 0 bridgehead atoms. The number of aromatic amines is 1. The van der Waals surface area contributed by atoms with Gasteiger partial charge in [-0.2, -0.15) is 26.3 Å². The maximum Gasteiger partial charge on any atom is 0.490 e. The number of aliphatic carboxylic acids is 1. The summed E-state index contributed by atoms with van der Waals surface area (Å²) in [6.45, 7) is 0. The molecule has 0 aromatic carbocycles. The molecule has 0 amide bonds. The summed E-state index contributed by atoms with van der Waals surface area (Å²) >= 11 is 1.08. The molecular formula is C15H14F6N4O3S. The van der Waals surface area contributed by atoms with Crippen molar-refractivity contribution in [3.63, 3.8) is 0 Å². The van der Waals surface area contributed by atoms with E-state index in [0.717, 1.165) is 36.6 Å². The van der Waals surface area contributed by atoms with Crippen molar-refractivity contribution >= 4 is 17.7 Å². The van der Waals surface area contributed by atoms with Crippen molar-refractivity contribution in [2.45, 2.75) is 42.5 Å². The van der Waals surface area contributed by atoms with Crippen LogP contribution >= 0.6 is 11.8 Å². The van der Waals surface area contributed by atoms with Crippen molar-refractivity contribution in [3.8, 4) is 0 Å². The Labute approximate surface area is 163 Å². The first-order valence-electron chi connectivity index (χ1n) is 7.93. The van der Waals surface area contributed by atoms with Crippen LogP contribution in [0.25, 0.3) is 0 Å². The molecule has 1 aliphatic rings. The molecule has 2 N–H and O–H groups in total. The number of rotatable bonds is 3. The van der Waals surface area contributed by atoms with Gasteiger partial charge in [-0.25, -0.2) is 14.8 Å². The molecule has 0 unspecified atom stereocenters. The fourth-order valence-corrected chi connectivity index (χ4v) is 3.44. The number of carboxylic acid groups (broad SMARTS) is 1. The normalized spacial score (nSPS) is 13.6. The summed E-state index contributed by atoms with van der Waals surface area (Å²) in [5.41, 5.74) is 0.422. The van der Waals surface area contributed by atoms with Crippen LogP contribution in [0.3, 0.4) is 0 Å². The van der Waals surface area contributed by atoms with E-state index in [-0.39, 0.29) is 17.0 Å². The van der Waals surface area contributed by atoms with Crippen molar-refractivity contribution in [2.75, 3.05) is 0 Å². The Balaban J connectivity index is 0.000000370. The number of nitrogens with one attached hydrogen (secondary N) is 1. The Morgan fingerprint density at radius 2 is 1.90 bits per heavy atom. The summed E-state index contributed by atoms with van der Waals surface area (Å²) in [4.78, 5) is 31.1. The van der Waals surface area contributed by atoms with E-state index in [1.165, 1.54) is 11.6 Å². The van der Waals surface area contributed by atoms with E-state index >= 15 is 0 Å². The smallest absolute Gasteiger partial charge is 0.475 e. The molecule has 0 spiro atoms. The number of imidazole rings is 1. The molecule has 14 heteroatoms. The predicted molar refractivity (Wildman–Crippen MR) is 88.3 cm³/mol. The minimum Gasteiger partial charge on any atom is -0.475 e. The van der Waals surface area contributed by atoms with Crippen LogP contribution in [0.4, 0.5) is 26.3 Å². The van der Waals surface area contributed by atoms with Gasteiger partial charge in [0.2, 0.25) is 0 Å². The molecule has 2 aromatic heterocycles. The first-order chi connectivity index (χ1) is 13.3. The number of aryl methyl sites for hydroxylation is 2. The van der Waals surface area contributed by atoms with Crippen LogP contribution in [0.5, 0.6) is 0 Å². The van der Waals surface area contributed by atoms with Crippen LogP contribution in [0.15, 0.2) is 16.3 Å². The molecule has 160 valence electrons. The lowest BCUT2D eigenvalue weighted by Gasteiger charge is -2.09. The van der Waals surface area contributed by atoms with Gasteiger partial charge in [0.1, 0.15) is 0 Å². The summed E-state index contributed by atoms with van der Waals surface area (Å²) in [5.74, 6) is -2.72. The average Bonchev–Trinajstić information content (AvgIpc) is 3.19. The van der Waals surface area contributed by atoms with Crippen LogP contribution in [-0.2, 0) is 36.6 Å². The first-order valence-corrected chi connectivity index (χ1v) is 8.91. The molecule has 29 heavy (non-hydrogen) atoms. The Morgan fingerprint density at radius 3 is 2.45 bits per heavy atom. The van der Waals surface area contributed by atoms with Gasteiger partial charge in [-0.15, -0.1) is 0 Å². The van der Waals surface area contributed by atoms with E-state index in [4.69, 9.17) is 9.90 Å². The molecule has 0 atom stereocenters. The van der Waals surface area contributed by atoms with Gasteiger partial charge in [0.15, 0.2) is 10.9 Å². The molecule has 0 aliphatic heterocycles. The van der Waals surface area contributed by atoms with Crippen molar-refractivity contribution < 1.29 is 36.2 Å². The number of hydrogen-bond donors (Lipinski definition) is 2. The summed E-state index contributed by atoms with van der Waals surface area (Å²) in [6, 6.07) is 0. The van der Waals surface area contributed by atoms with E-state index in [9.17, 15) is 31.1 Å². The lowest BCUT2D eigenvalue weighted by Crippen LogP contribution is -2.21. The second-order valence-corrected chi connectivity index (χ2v) is 6.85. The Kier molecular flexibility index (Phi) is 6.65. The third-order valence-corrected chi connectivity index (χ3v) is 4.72. The van der Waals surface area contributed by atoms with Crippen molar-refractivity contribution in [1.82, 2.24) is 19.5 Å². The minimum absolute atomic E-state index is 0.0348. The number of hydrogen-bond acceptors (Lipinski definition) is 5. The van der Waals surface area contributed by atoms with E-state index in [0.29, 0.717) is 17.1 Å². The highest BCUT2D eigenvalue weighted by molar-refractivity contribution is 7.98. The van der Waals surface area contributed by atoms with E-state index < -0.39 is 24.0 Å². The molecule has 0 fully saturated rings. The zero-order chi connectivity index (χ0) is 22.0. The molecule has 2 heterocycles. The van der Waals surface area contributed by atoms with Gasteiger partial charge in [0.25, 0.3) is 5.56 Å². The van der Waals surface area contributed by atoms with E-state index in [1.807, 2.05) is 0 Å². The SMILES string of the molecule is Cn1cnc(C(F)(F)F)c1CSc1nc2c(c(=O)[nH]1)CCC2.O=C(O)C(F)(F)F. The number of alkyl halides is 6. The second kappa shape index (κ2) is 8.47. The third-order valence-electron chi connectivity index (χ3n) is 3.84. The molecule has 7 nitrogen and oxygen atoms in total. The van der Waals surface area contributed by atoms with Crippen LogP contribution < -0.4 is 5.56 Å². The largest absolute Gasteiger partial charge is 0.490 e. The maximum atomic E-state index is 12.9. The molecule has 3 rings (SSSR count). The Hall–Kier alpha value is -2.51. The number of carbonyl (C=O) groups is 1. The topological polar surface area (TPSA) is 101 Å². The number of H-pyrrole nitrogens is 1. The standard InChI is InChI=1S/C13H13F3N4OS.C2HF3O2/c1-20-6-17-10(13(14,15)16)9(20)5-22-12-18-8-4-2-3-7(8)11(21)19-12;3-2(4,5)1(6)7/h6H,2-5H2,1H3,(H,18,19,21);(H,6,7). The zero-order valence-electron chi connectivity index (χ0n) is 14.7. The van der Waals surface area contributed by atoms with Gasteiger partial charge >= 0.3 is 18.3 Å². The highest BCUT2D eigenvalue weighted by Crippen LogP contribution is 2.33. The van der Waals surface area contributed by atoms with Crippen molar-refractivity contribution in [3.05, 3.63) is 39.3 Å². The van der Waals surface area contributed by atoms with Gasteiger partial charge in [0, 0.05) is 18.4 Å². The monoisotopic (exact) mass is 444 g/mol. The summed E-state index contributed by atoms with van der Waals surface area (Å²) in [5, 5.41) is 7.47. The van der Waals surface area contributed by atoms with Gasteiger partial charge in [-0.05, 0) is 19.3 Å². The second-order valence-electron chi connectivity index (χ2n) is 5.89. The molecule has 0 radical (unpaired) electrons. The number of thioether (sulfide) groups is 1. The fraction of sp³-hybridized carbons (Fsp3) is 0.467.